The SMILES string of the molecule is C=CC(=O)N(Cc1cc(C#N)n(C)c1)CC1(O)CCCCCC1. The third kappa shape index (κ3) is 4.46. The van der Waals surface area contributed by atoms with Crippen LogP contribution < -0.4 is 0 Å². The Morgan fingerprint density at radius 2 is 2.13 bits per heavy atom. The fourth-order valence-corrected chi connectivity index (χ4v) is 3.29. The van der Waals surface area contributed by atoms with Gasteiger partial charge >= 0.3 is 0 Å². The van der Waals surface area contributed by atoms with Crippen LogP contribution >= 0.6 is 0 Å². The molecule has 0 atom stereocenters. The predicted octanol–water partition coefficient (Wildman–Crippen LogP) is 2.50. The molecule has 1 aliphatic carbocycles. The van der Waals surface area contributed by atoms with Crippen LogP contribution in [0.4, 0.5) is 0 Å². The van der Waals surface area contributed by atoms with Gasteiger partial charge in [0.2, 0.25) is 5.91 Å². The summed E-state index contributed by atoms with van der Waals surface area (Å²) in [7, 11) is 1.81. The van der Waals surface area contributed by atoms with Gasteiger partial charge < -0.3 is 14.6 Å². The van der Waals surface area contributed by atoms with E-state index < -0.39 is 5.60 Å². The van der Waals surface area contributed by atoms with Crippen LogP contribution in [0.5, 0.6) is 0 Å². The van der Waals surface area contributed by atoms with E-state index in [1.807, 2.05) is 6.20 Å². The van der Waals surface area contributed by atoms with Gasteiger partial charge in [0.05, 0.1) is 12.1 Å². The Morgan fingerprint density at radius 1 is 1.48 bits per heavy atom. The van der Waals surface area contributed by atoms with E-state index in [0.29, 0.717) is 18.8 Å². The number of rotatable bonds is 5. The number of aryl methyl sites for hydroxylation is 1. The van der Waals surface area contributed by atoms with Gasteiger partial charge in [0.15, 0.2) is 0 Å². The van der Waals surface area contributed by atoms with E-state index in [-0.39, 0.29) is 5.91 Å². The second-order valence-electron chi connectivity index (χ2n) is 6.49. The molecule has 0 unspecified atom stereocenters. The molecule has 0 aromatic carbocycles. The van der Waals surface area contributed by atoms with Gasteiger partial charge in [-0.3, -0.25) is 4.79 Å². The maximum absolute atomic E-state index is 12.2. The molecule has 1 aromatic rings. The van der Waals surface area contributed by atoms with Crippen LogP contribution in [0, 0.1) is 11.3 Å². The molecule has 1 amide bonds. The number of aliphatic hydroxyl groups is 1. The molecule has 0 bridgehead atoms. The lowest BCUT2D eigenvalue weighted by Gasteiger charge is -2.33. The molecule has 1 aliphatic rings. The zero-order chi connectivity index (χ0) is 16.9. The quantitative estimate of drug-likeness (QED) is 0.670. The molecule has 1 fully saturated rings. The topological polar surface area (TPSA) is 69.3 Å². The zero-order valence-electron chi connectivity index (χ0n) is 13.8. The first-order valence-electron chi connectivity index (χ1n) is 8.16. The summed E-state index contributed by atoms with van der Waals surface area (Å²) in [5.74, 6) is -0.190. The van der Waals surface area contributed by atoms with E-state index in [1.165, 1.54) is 6.08 Å². The Bertz CT molecular complexity index is 604. The van der Waals surface area contributed by atoms with Crippen molar-refractivity contribution in [2.45, 2.75) is 50.7 Å². The molecule has 0 aliphatic heterocycles. The number of carbonyl (C=O) groups excluding carboxylic acids is 1. The van der Waals surface area contributed by atoms with Crippen LogP contribution in [-0.2, 0) is 18.4 Å². The van der Waals surface area contributed by atoms with Crippen molar-refractivity contribution < 1.29 is 9.90 Å². The van der Waals surface area contributed by atoms with Gasteiger partial charge in [0.1, 0.15) is 11.8 Å². The van der Waals surface area contributed by atoms with Crippen molar-refractivity contribution in [1.82, 2.24) is 9.47 Å². The normalized spacial score (nSPS) is 17.1. The fraction of sp³-hybridized carbons (Fsp3) is 0.556. The minimum atomic E-state index is -0.817. The molecule has 5 heteroatoms. The van der Waals surface area contributed by atoms with Crippen LogP contribution in [0.15, 0.2) is 24.9 Å². The molecular weight excluding hydrogens is 290 g/mol. The third-order valence-electron chi connectivity index (χ3n) is 4.56. The molecule has 23 heavy (non-hydrogen) atoms. The second kappa shape index (κ2) is 7.47. The fourth-order valence-electron chi connectivity index (χ4n) is 3.29. The summed E-state index contributed by atoms with van der Waals surface area (Å²) in [5, 5.41) is 19.9. The average Bonchev–Trinajstić information content (AvgIpc) is 2.74. The highest BCUT2D eigenvalue weighted by atomic mass is 16.3. The van der Waals surface area contributed by atoms with E-state index in [1.54, 1.807) is 22.6 Å². The number of hydrogen-bond donors (Lipinski definition) is 1. The van der Waals surface area contributed by atoms with E-state index in [0.717, 1.165) is 44.1 Å². The number of hydrogen-bond acceptors (Lipinski definition) is 3. The highest BCUT2D eigenvalue weighted by molar-refractivity contribution is 5.87. The molecule has 2 rings (SSSR count). The molecule has 1 N–H and O–H groups in total. The lowest BCUT2D eigenvalue weighted by atomic mass is 9.93. The van der Waals surface area contributed by atoms with Crippen molar-refractivity contribution in [2.75, 3.05) is 6.54 Å². The summed E-state index contributed by atoms with van der Waals surface area (Å²) in [5.41, 5.74) is 0.623. The van der Waals surface area contributed by atoms with Crippen molar-refractivity contribution in [3.63, 3.8) is 0 Å². The first-order valence-corrected chi connectivity index (χ1v) is 8.16. The smallest absolute Gasteiger partial charge is 0.246 e. The number of amides is 1. The molecule has 1 heterocycles. The molecule has 1 saturated carbocycles. The van der Waals surface area contributed by atoms with Gasteiger partial charge in [-0.2, -0.15) is 5.26 Å². The summed E-state index contributed by atoms with van der Waals surface area (Å²) in [6, 6.07) is 3.90. The molecule has 0 radical (unpaired) electrons. The summed E-state index contributed by atoms with van der Waals surface area (Å²) in [6.45, 7) is 4.26. The standard InChI is InChI=1S/C18H25N3O2/c1-3-17(22)21(13-15-10-16(11-19)20(2)12-15)14-18(23)8-6-4-5-7-9-18/h3,10,12,23H,1,4-9,13-14H2,2H3. The average molecular weight is 315 g/mol. The van der Waals surface area contributed by atoms with E-state index in [4.69, 9.17) is 5.26 Å². The molecule has 5 nitrogen and oxygen atoms in total. The maximum Gasteiger partial charge on any atom is 0.246 e. The van der Waals surface area contributed by atoms with Crippen molar-refractivity contribution in [1.29, 1.82) is 5.26 Å². The van der Waals surface area contributed by atoms with Gasteiger partial charge in [-0.25, -0.2) is 0 Å². The number of carbonyl (C=O) groups is 1. The Kier molecular flexibility index (Phi) is 5.62. The van der Waals surface area contributed by atoms with Crippen LogP contribution in [0.3, 0.4) is 0 Å². The molecular formula is C18H25N3O2. The van der Waals surface area contributed by atoms with Gasteiger partial charge in [-0.15, -0.1) is 0 Å². The third-order valence-corrected chi connectivity index (χ3v) is 4.56. The zero-order valence-corrected chi connectivity index (χ0v) is 13.8. The highest BCUT2D eigenvalue weighted by Crippen LogP contribution is 2.28. The van der Waals surface area contributed by atoms with E-state index in [9.17, 15) is 9.90 Å². The lowest BCUT2D eigenvalue weighted by Crippen LogP contribution is -2.44. The van der Waals surface area contributed by atoms with Crippen molar-refractivity contribution >= 4 is 5.91 Å². The molecule has 0 saturated heterocycles. The Hall–Kier alpha value is -2.06. The molecule has 0 spiro atoms. The first-order chi connectivity index (χ1) is 11.0. The predicted molar refractivity (Wildman–Crippen MR) is 88.4 cm³/mol. The van der Waals surface area contributed by atoms with Gasteiger partial charge in [0, 0.05) is 19.8 Å². The largest absolute Gasteiger partial charge is 0.388 e. The Balaban J connectivity index is 2.14. The number of nitriles is 1. The van der Waals surface area contributed by atoms with Gasteiger partial charge in [-0.1, -0.05) is 32.3 Å². The van der Waals surface area contributed by atoms with Crippen LogP contribution in [-0.4, -0.2) is 32.6 Å². The van der Waals surface area contributed by atoms with Crippen LogP contribution in [0.2, 0.25) is 0 Å². The number of aromatic nitrogens is 1. The van der Waals surface area contributed by atoms with Crippen molar-refractivity contribution in [3.05, 3.63) is 36.2 Å². The van der Waals surface area contributed by atoms with Crippen LogP contribution in [0.1, 0.15) is 49.8 Å². The van der Waals surface area contributed by atoms with Gasteiger partial charge in [0.25, 0.3) is 0 Å². The summed E-state index contributed by atoms with van der Waals surface area (Å²) >= 11 is 0. The van der Waals surface area contributed by atoms with Gasteiger partial charge in [-0.05, 0) is 30.5 Å². The van der Waals surface area contributed by atoms with Crippen molar-refractivity contribution in [3.8, 4) is 6.07 Å². The Labute approximate surface area is 137 Å². The maximum atomic E-state index is 12.2. The van der Waals surface area contributed by atoms with Crippen LogP contribution in [0.25, 0.3) is 0 Å². The van der Waals surface area contributed by atoms with E-state index in [2.05, 4.69) is 12.6 Å². The molecule has 1 aromatic heterocycles. The summed E-state index contributed by atoms with van der Waals surface area (Å²) in [4.78, 5) is 13.8. The summed E-state index contributed by atoms with van der Waals surface area (Å²) in [6.07, 6.45) is 8.86. The van der Waals surface area contributed by atoms with Crippen molar-refractivity contribution in [2.24, 2.45) is 7.05 Å². The molecule has 124 valence electrons. The minimum Gasteiger partial charge on any atom is -0.388 e. The monoisotopic (exact) mass is 315 g/mol. The summed E-state index contributed by atoms with van der Waals surface area (Å²) < 4.78 is 1.74. The Morgan fingerprint density at radius 3 is 2.65 bits per heavy atom. The second-order valence-corrected chi connectivity index (χ2v) is 6.49. The lowest BCUT2D eigenvalue weighted by molar-refractivity contribution is -0.131. The minimum absolute atomic E-state index is 0.190. The number of nitrogens with zero attached hydrogens (tertiary/aromatic N) is 3. The van der Waals surface area contributed by atoms with E-state index >= 15 is 0 Å². The highest BCUT2D eigenvalue weighted by Gasteiger charge is 2.31. The first kappa shape index (κ1) is 17.3.